The fourth-order valence-corrected chi connectivity index (χ4v) is 1.59. The summed E-state index contributed by atoms with van der Waals surface area (Å²) in [6, 6.07) is 7.14. The molecular formula is C11H14N4O. The van der Waals surface area contributed by atoms with Gasteiger partial charge < -0.3 is 4.90 Å². The average Bonchev–Trinajstić information content (AvgIpc) is 2.31. The molecule has 5 nitrogen and oxygen atoms in total. The van der Waals surface area contributed by atoms with E-state index in [9.17, 15) is 4.79 Å². The van der Waals surface area contributed by atoms with Gasteiger partial charge in [-0.3, -0.25) is 4.79 Å². The van der Waals surface area contributed by atoms with Gasteiger partial charge in [0.1, 0.15) is 0 Å². The lowest BCUT2D eigenvalue weighted by Gasteiger charge is -2.22. The molecular weight excluding hydrogens is 204 g/mol. The minimum atomic E-state index is -0.537. The van der Waals surface area contributed by atoms with Crippen LogP contribution in [0.2, 0.25) is 0 Å². The summed E-state index contributed by atoms with van der Waals surface area (Å²) in [6.45, 7) is 5.63. The van der Waals surface area contributed by atoms with E-state index in [0.29, 0.717) is 5.56 Å². The fourth-order valence-electron chi connectivity index (χ4n) is 1.59. The molecule has 0 aromatic heterocycles. The van der Waals surface area contributed by atoms with Crippen LogP contribution in [-0.2, 0) is 0 Å². The smallest absolute Gasteiger partial charge is 0.251 e. The van der Waals surface area contributed by atoms with E-state index in [1.807, 2.05) is 30.9 Å². The topological polar surface area (TPSA) is 69.1 Å². The van der Waals surface area contributed by atoms with Crippen molar-refractivity contribution in [3.8, 4) is 0 Å². The van der Waals surface area contributed by atoms with Crippen LogP contribution in [0.1, 0.15) is 24.2 Å². The Balaban J connectivity index is 3.18. The van der Waals surface area contributed by atoms with Crippen LogP contribution in [-0.4, -0.2) is 19.0 Å². The summed E-state index contributed by atoms with van der Waals surface area (Å²) in [6.07, 6.45) is 0. The number of nitrogens with zero attached hydrogens (tertiary/aromatic N) is 4. The van der Waals surface area contributed by atoms with Crippen LogP contribution in [0.3, 0.4) is 0 Å². The van der Waals surface area contributed by atoms with Gasteiger partial charge in [0.05, 0.1) is 0 Å². The fraction of sp³-hybridized carbons (Fsp3) is 0.364. The minimum Gasteiger partial charge on any atom is -0.372 e. The first-order valence-electron chi connectivity index (χ1n) is 5.18. The first-order valence-corrected chi connectivity index (χ1v) is 5.18. The van der Waals surface area contributed by atoms with Crippen molar-refractivity contribution in [3.05, 3.63) is 40.3 Å². The molecule has 0 aliphatic rings. The van der Waals surface area contributed by atoms with Crippen LogP contribution in [0.25, 0.3) is 10.4 Å². The molecule has 1 aromatic rings. The number of carbonyl (C=O) groups excluding carboxylic acids is 1. The summed E-state index contributed by atoms with van der Waals surface area (Å²) in [4.78, 5) is 16.1. The minimum absolute atomic E-state index is 0.448. The summed E-state index contributed by atoms with van der Waals surface area (Å²) in [5, 5.41) is 3.12. The van der Waals surface area contributed by atoms with E-state index in [1.165, 1.54) is 0 Å². The monoisotopic (exact) mass is 218 g/mol. The van der Waals surface area contributed by atoms with Gasteiger partial charge in [-0.2, -0.15) is 0 Å². The molecule has 84 valence electrons. The normalized spacial score (nSPS) is 9.38. The first kappa shape index (κ1) is 12.1. The van der Waals surface area contributed by atoms with Crippen molar-refractivity contribution in [1.82, 2.24) is 0 Å². The number of azide groups is 1. The van der Waals surface area contributed by atoms with E-state index in [1.54, 1.807) is 12.1 Å². The molecule has 0 atom stereocenters. The number of amides is 1. The quantitative estimate of drug-likeness (QED) is 0.443. The zero-order valence-corrected chi connectivity index (χ0v) is 9.42. The number of benzene rings is 1. The van der Waals surface area contributed by atoms with Crippen molar-refractivity contribution in [2.24, 2.45) is 5.11 Å². The van der Waals surface area contributed by atoms with Crippen LogP contribution in [0.4, 0.5) is 5.69 Å². The van der Waals surface area contributed by atoms with E-state index in [2.05, 4.69) is 10.0 Å². The number of hydrogen-bond acceptors (Lipinski definition) is 2. The largest absolute Gasteiger partial charge is 0.372 e. The molecule has 0 saturated heterocycles. The molecule has 0 saturated carbocycles. The molecule has 1 aromatic carbocycles. The van der Waals surface area contributed by atoms with Crippen molar-refractivity contribution in [2.75, 3.05) is 18.0 Å². The lowest BCUT2D eigenvalue weighted by Crippen LogP contribution is -2.23. The van der Waals surface area contributed by atoms with Crippen LogP contribution in [0.5, 0.6) is 0 Å². The highest BCUT2D eigenvalue weighted by atomic mass is 16.1. The maximum atomic E-state index is 11.6. The zero-order chi connectivity index (χ0) is 12.0. The van der Waals surface area contributed by atoms with E-state index in [-0.39, 0.29) is 0 Å². The van der Waals surface area contributed by atoms with Gasteiger partial charge in [-0.05, 0) is 36.6 Å². The van der Waals surface area contributed by atoms with E-state index >= 15 is 0 Å². The number of anilines is 1. The summed E-state index contributed by atoms with van der Waals surface area (Å²) in [5.74, 6) is -0.537. The van der Waals surface area contributed by atoms with E-state index in [0.717, 1.165) is 18.8 Å². The molecule has 0 aliphatic carbocycles. The van der Waals surface area contributed by atoms with Crippen molar-refractivity contribution in [1.29, 1.82) is 0 Å². The van der Waals surface area contributed by atoms with Crippen molar-refractivity contribution >= 4 is 11.6 Å². The molecule has 0 radical (unpaired) electrons. The Hall–Kier alpha value is -2.00. The lowest BCUT2D eigenvalue weighted by molar-refractivity contribution is 0.100. The Morgan fingerprint density at radius 3 is 2.56 bits per heavy atom. The van der Waals surface area contributed by atoms with Gasteiger partial charge in [-0.25, -0.2) is 0 Å². The molecule has 0 spiro atoms. The Morgan fingerprint density at radius 1 is 1.38 bits per heavy atom. The number of para-hydroxylation sites is 1. The van der Waals surface area contributed by atoms with Crippen molar-refractivity contribution in [2.45, 2.75) is 13.8 Å². The Kier molecular flexibility index (Phi) is 4.36. The number of rotatable bonds is 4. The molecule has 0 N–H and O–H groups in total. The van der Waals surface area contributed by atoms with Crippen LogP contribution >= 0.6 is 0 Å². The predicted molar refractivity (Wildman–Crippen MR) is 63.5 cm³/mol. The third-order valence-electron chi connectivity index (χ3n) is 2.37. The second-order valence-electron chi connectivity index (χ2n) is 3.18. The van der Waals surface area contributed by atoms with Gasteiger partial charge in [0.15, 0.2) is 0 Å². The molecule has 1 rings (SSSR count). The van der Waals surface area contributed by atoms with Gasteiger partial charge in [-0.15, -0.1) is 0 Å². The summed E-state index contributed by atoms with van der Waals surface area (Å²) in [7, 11) is 0. The maximum absolute atomic E-state index is 11.6. The number of hydrogen-bond donors (Lipinski definition) is 0. The highest BCUT2D eigenvalue weighted by Crippen LogP contribution is 2.20. The van der Waals surface area contributed by atoms with E-state index in [4.69, 9.17) is 5.53 Å². The second-order valence-corrected chi connectivity index (χ2v) is 3.18. The molecule has 0 bridgehead atoms. The second kappa shape index (κ2) is 5.78. The molecule has 0 fully saturated rings. The summed E-state index contributed by atoms with van der Waals surface area (Å²) < 4.78 is 0. The maximum Gasteiger partial charge on any atom is 0.251 e. The van der Waals surface area contributed by atoms with Crippen molar-refractivity contribution in [3.63, 3.8) is 0 Å². The third-order valence-corrected chi connectivity index (χ3v) is 2.37. The molecule has 0 heterocycles. The Morgan fingerprint density at radius 2 is 2.00 bits per heavy atom. The van der Waals surface area contributed by atoms with Crippen LogP contribution in [0, 0.1) is 0 Å². The first-order chi connectivity index (χ1) is 7.74. The highest BCUT2D eigenvalue weighted by Gasteiger charge is 2.12. The van der Waals surface area contributed by atoms with Gasteiger partial charge >= 0.3 is 0 Å². The number of carbonyl (C=O) groups is 1. The third kappa shape index (κ3) is 2.52. The molecule has 5 heteroatoms. The summed E-state index contributed by atoms with van der Waals surface area (Å²) in [5.41, 5.74) is 9.52. The molecule has 0 unspecified atom stereocenters. The Bertz CT molecular complexity index is 420. The average molecular weight is 218 g/mol. The predicted octanol–water partition coefficient (Wildman–Crippen LogP) is 2.98. The lowest BCUT2D eigenvalue weighted by atomic mass is 10.1. The van der Waals surface area contributed by atoms with Crippen LogP contribution < -0.4 is 4.90 Å². The summed E-state index contributed by atoms with van der Waals surface area (Å²) >= 11 is 0. The van der Waals surface area contributed by atoms with Gasteiger partial charge in [0, 0.05) is 29.3 Å². The highest BCUT2D eigenvalue weighted by molar-refractivity contribution is 6.00. The van der Waals surface area contributed by atoms with Crippen molar-refractivity contribution < 1.29 is 4.79 Å². The Labute approximate surface area is 94.3 Å². The SMILES string of the molecule is CCN(CC)c1ccccc1C(=O)N=[N+]=[N-]. The molecule has 0 aliphatic heterocycles. The molecule has 1 amide bonds. The zero-order valence-electron chi connectivity index (χ0n) is 9.42. The van der Waals surface area contributed by atoms with Crippen LogP contribution in [0.15, 0.2) is 29.4 Å². The van der Waals surface area contributed by atoms with E-state index < -0.39 is 5.91 Å². The molecule has 16 heavy (non-hydrogen) atoms. The van der Waals surface area contributed by atoms with Gasteiger partial charge in [0.25, 0.3) is 5.91 Å². The standard InChI is InChI=1S/C11H14N4O/c1-3-15(4-2)10-8-6-5-7-9(10)11(16)13-14-12/h5-8H,3-4H2,1-2H3. The van der Waals surface area contributed by atoms with Gasteiger partial charge in [0.2, 0.25) is 0 Å². The van der Waals surface area contributed by atoms with Gasteiger partial charge in [-0.1, -0.05) is 12.1 Å².